The minimum Gasteiger partial charge on any atom is -0.468 e. The second kappa shape index (κ2) is 8.83. The predicted octanol–water partition coefficient (Wildman–Crippen LogP) is 3.54. The highest BCUT2D eigenvalue weighted by molar-refractivity contribution is 7.16. The monoisotopic (exact) mass is 425 g/mol. The molecular formula is C21H19N3O5S. The van der Waals surface area contributed by atoms with Gasteiger partial charge in [-0.2, -0.15) is 4.99 Å². The zero-order valence-corrected chi connectivity index (χ0v) is 17.4. The molecule has 154 valence electrons. The van der Waals surface area contributed by atoms with Gasteiger partial charge in [0.1, 0.15) is 6.54 Å². The molecule has 0 radical (unpaired) electrons. The fraction of sp³-hybridized carbons (Fsp3) is 0.190. The van der Waals surface area contributed by atoms with Crippen molar-refractivity contribution >= 4 is 45.2 Å². The van der Waals surface area contributed by atoms with Gasteiger partial charge in [0, 0.05) is 18.2 Å². The maximum absolute atomic E-state index is 12.4. The van der Waals surface area contributed by atoms with E-state index in [9.17, 15) is 19.7 Å². The number of rotatable bonds is 5. The highest BCUT2D eigenvalue weighted by Crippen LogP contribution is 2.22. The number of fused-ring (bicyclic) bond motifs is 1. The van der Waals surface area contributed by atoms with Crippen LogP contribution in [0.5, 0.6) is 0 Å². The highest BCUT2D eigenvalue weighted by Gasteiger charge is 2.12. The van der Waals surface area contributed by atoms with Gasteiger partial charge in [-0.15, -0.1) is 0 Å². The standard InChI is InChI=1S/C21H19N3O5S/c1-13-9-17-18(10-14(13)2)30-21(23(17)12-20(26)29-3)22-19(25)8-7-15-5-4-6-16(11-15)24(27)28/h4-11H,12H2,1-3H3/b8-7+,22-21?. The Balaban J connectivity index is 2.00. The first-order chi connectivity index (χ1) is 14.3. The molecule has 3 aromatic rings. The van der Waals surface area contributed by atoms with Crippen molar-refractivity contribution < 1.29 is 19.2 Å². The molecule has 1 aromatic heterocycles. The van der Waals surface area contributed by atoms with Gasteiger partial charge in [0.25, 0.3) is 11.6 Å². The summed E-state index contributed by atoms with van der Waals surface area (Å²) in [6.07, 6.45) is 2.70. The van der Waals surface area contributed by atoms with Crippen LogP contribution < -0.4 is 4.80 Å². The number of methoxy groups -OCH3 is 1. The van der Waals surface area contributed by atoms with Crippen LogP contribution in [0.15, 0.2) is 47.5 Å². The molecule has 0 atom stereocenters. The molecule has 2 aromatic carbocycles. The van der Waals surface area contributed by atoms with Crippen molar-refractivity contribution in [2.24, 2.45) is 4.99 Å². The van der Waals surface area contributed by atoms with Crippen molar-refractivity contribution in [3.63, 3.8) is 0 Å². The van der Waals surface area contributed by atoms with Crippen LogP contribution in [0.2, 0.25) is 0 Å². The van der Waals surface area contributed by atoms with E-state index >= 15 is 0 Å². The fourth-order valence-electron chi connectivity index (χ4n) is 2.79. The summed E-state index contributed by atoms with van der Waals surface area (Å²) in [5, 5.41) is 10.9. The molecule has 0 aliphatic carbocycles. The Kier molecular flexibility index (Phi) is 6.22. The first-order valence-corrected chi connectivity index (χ1v) is 9.79. The fourth-order valence-corrected chi connectivity index (χ4v) is 3.91. The lowest BCUT2D eigenvalue weighted by atomic mass is 10.1. The Morgan fingerprint density at radius 1 is 1.23 bits per heavy atom. The number of nitrogens with zero attached hydrogens (tertiary/aromatic N) is 3. The summed E-state index contributed by atoms with van der Waals surface area (Å²) >= 11 is 1.30. The van der Waals surface area contributed by atoms with E-state index in [0.717, 1.165) is 21.3 Å². The molecule has 0 bridgehead atoms. The van der Waals surface area contributed by atoms with E-state index in [4.69, 9.17) is 4.74 Å². The molecule has 0 saturated heterocycles. The quantitative estimate of drug-likeness (QED) is 0.269. The Bertz CT molecular complexity index is 1250. The summed E-state index contributed by atoms with van der Waals surface area (Å²) in [7, 11) is 1.30. The second-order valence-electron chi connectivity index (χ2n) is 6.59. The van der Waals surface area contributed by atoms with E-state index < -0.39 is 16.8 Å². The number of hydrogen-bond donors (Lipinski definition) is 0. The number of amides is 1. The van der Waals surface area contributed by atoms with Crippen LogP contribution in [0.4, 0.5) is 5.69 Å². The van der Waals surface area contributed by atoms with Crippen molar-refractivity contribution in [2.45, 2.75) is 20.4 Å². The van der Waals surface area contributed by atoms with E-state index in [0.29, 0.717) is 10.4 Å². The third kappa shape index (κ3) is 4.69. The maximum atomic E-state index is 12.4. The van der Waals surface area contributed by atoms with E-state index in [1.807, 2.05) is 26.0 Å². The number of esters is 1. The van der Waals surface area contributed by atoms with Gasteiger partial charge >= 0.3 is 5.97 Å². The molecule has 1 amide bonds. The zero-order chi connectivity index (χ0) is 21.8. The van der Waals surface area contributed by atoms with Gasteiger partial charge < -0.3 is 9.30 Å². The number of thiazole rings is 1. The average Bonchev–Trinajstić information content (AvgIpc) is 3.02. The van der Waals surface area contributed by atoms with Crippen LogP contribution in [-0.4, -0.2) is 28.5 Å². The number of aryl methyl sites for hydroxylation is 2. The maximum Gasteiger partial charge on any atom is 0.325 e. The largest absolute Gasteiger partial charge is 0.468 e. The van der Waals surface area contributed by atoms with E-state index in [2.05, 4.69) is 4.99 Å². The molecule has 0 aliphatic rings. The number of hydrogen-bond acceptors (Lipinski definition) is 6. The van der Waals surface area contributed by atoms with Gasteiger partial charge in [0.05, 0.1) is 22.2 Å². The molecule has 0 N–H and O–H groups in total. The van der Waals surface area contributed by atoms with Crippen LogP contribution in [0.3, 0.4) is 0 Å². The molecule has 3 rings (SSSR count). The summed E-state index contributed by atoms with van der Waals surface area (Å²) < 4.78 is 7.32. The first kappa shape index (κ1) is 21.1. The van der Waals surface area contributed by atoms with Crippen molar-refractivity contribution in [1.29, 1.82) is 0 Å². The van der Waals surface area contributed by atoms with Crippen LogP contribution in [0.1, 0.15) is 16.7 Å². The van der Waals surface area contributed by atoms with Gasteiger partial charge in [-0.05, 0) is 48.7 Å². The van der Waals surface area contributed by atoms with Crippen molar-refractivity contribution in [3.05, 3.63) is 74.1 Å². The molecule has 1 heterocycles. The summed E-state index contributed by atoms with van der Waals surface area (Å²) in [5.41, 5.74) is 3.40. The zero-order valence-electron chi connectivity index (χ0n) is 16.6. The van der Waals surface area contributed by atoms with Crippen molar-refractivity contribution in [2.75, 3.05) is 7.11 Å². The third-order valence-electron chi connectivity index (χ3n) is 4.52. The Morgan fingerprint density at radius 2 is 1.97 bits per heavy atom. The van der Waals surface area contributed by atoms with Crippen molar-refractivity contribution in [3.8, 4) is 0 Å². The molecule has 30 heavy (non-hydrogen) atoms. The summed E-state index contributed by atoms with van der Waals surface area (Å²) in [4.78, 5) is 39.2. The molecule has 0 unspecified atom stereocenters. The second-order valence-corrected chi connectivity index (χ2v) is 7.60. The lowest BCUT2D eigenvalue weighted by molar-refractivity contribution is -0.384. The van der Waals surface area contributed by atoms with E-state index in [1.165, 1.54) is 42.7 Å². The van der Waals surface area contributed by atoms with Gasteiger partial charge in [0.2, 0.25) is 0 Å². The lowest BCUT2D eigenvalue weighted by Crippen LogP contribution is -2.22. The van der Waals surface area contributed by atoms with Gasteiger partial charge in [-0.3, -0.25) is 19.7 Å². The van der Waals surface area contributed by atoms with Crippen LogP contribution in [-0.2, 0) is 20.9 Å². The van der Waals surface area contributed by atoms with Gasteiger partial charge in [-0.1, -0.05) is 23.5 Å². The lowest BCUT2D eigenvalue weighted by Gasteiger charge is -2.05. The molecule has 0 spiro atoms. The smallest absolute Gasteiger partial charge is 0.325 e. The number of carbonyl (C=O) groups excluding carboxylic acids is 2. The molecule has 9 heteroatoms. The van der Waals surface area contributed by atoms with Crippen LogP contribution >= 0.6 is 11.3 Å². The number of nitro benzene ring substituents is 1. The Morgan fingerprint density at radius 3 is 2.67 bits per heavy atom. The van der Waals surface area contributed by atoms with Gasteiger partial charge in [-0.25, -0.2) is 0 Å². The number of non-ortho nitro benzene ring substituents is 1. The number of aromatic nitrogens is 1. The number of benzene rings is 2. The minimum absolute atomic E-state index is 0.0623. The van der Waals surface area contributed by atoms with Crippen LogP contribution in [0, 0.1) is 24.0 Å². The minimum atomic E-state index is -0.542. The molecule has 8 nitrogen and oxygen atoms in total. The predicted molar refractivity (Wildman–Crippen MR) is 114 cm³/mol. The summed E-state index contributed by atoms with van der Waals surface area (Å²) in [5.74, 6) is -0.992. The summed E-state index contributed by atoms with van der Waals surface area (Å²) in [6.45, 7) is 3.89. The van der Waals surface area contributed by atoms with Crippen LogP contribution in [0.25, 0.3) is 16.3 Å². The Labute approximate surface area is 175 Å². The Hall–Kier alpha value is -3.59. The van der Waals surface area contributed by atoms with E-state index in [1.54, 1.807) is 16.7 Å². The third-order valence-corrected chi connectivity index (χ3v) is 5.56. The number of nitro groups is 1. The molecule has 0 fully saturated rings. The van der Waals surface area contributed by atoms with Crippen molar-refractivity contribution in [1.82, 2.24) is 4.57 Å². The van der Waals surface area contributed by atoms with E-state index in [-0.39, 0.29) is 12.2 Å². The van der Waals surface area contributed by atoms with Gasteiger partial charge in [0.15, 0.2) is 4.80 Å². The SMILES string of the molecule is COC(=O)Cn1c(=NC(=O)/C=C/c2cccc([N+](=O)[O-])c2)sc2cc(C)c(C)cc21. The topological polar surface area (TPSA) is 104 Å². The number of ether oxygens (including phenoxy) is 1. The number of carbonyl (C=O) groups is 2. The normalized spacial score (nSPS) is 11.9. The highest BCUT2D eigenvalue weighted by atomic mass is 32.1. The summed E-state index contributed by atoms with van der Waals surface area (Å²) in [6, 6.07) is 9.88. The molecule has 0 saturated carbocycles. The average molecular weight is 425 g/mol. The first-order valence-electron chi connectivity index (χ1n) is 8.97. The molecule has 0 aliphatic heterocycles. The molecular weight excluding hydrogens is 406 g/mol.